The zero-order valence-corrected chi connectivity index (χ0v) is 12.2. The number of hydrogen-bond acceptors (Lipinski definition) is 6. The summed E-state index contributed by atoms with van der Waals surface area (Å²) in [5.74, 6) is 0.305. The van der Waals surface area contributed by atoms with Gasteiger partial charge in [-0.15, -0.1) is 0 Å². The van der Waals surface area contributed by atoms with Crippen LogP contribution < -0.4 is 11.1 Å². The number of nitrogens with one attached hydrogen (secondary N) is 1. The first-order valence-corrected chi connectivity index (χ1v) is 6.86. The molecule has 0 radical (unpaired) electrons. The Hall–Kier alpha value is -1.86. The molecule has 2 rings (SSSR count). The van der Waals surface area contributed by atoms with E-state index in [1.54, 1.807) is 13.0 Å². The summed E-state index contributed by atoms with van der Waals surface area (Å²) in [6.07, 6.45) is 0.950. The van der Waals surface area contributed by atoms with Crippen LogP contribution in [0.2, 0.25) is 0 Å². The first-order chi connectivity index (χ1) is 10.0. The van der Waals surface area contributed by atoms with Crippen molar-refractivity contribution in [1.29, 1.82) is 0 Å². The van der Waals surface area contributed by atoms with Crippen molar-refractivity contribution in [3.8, 4) is 0 Å². The lowest BCUT2D eigenvalue weighted by atomic mass is 10.2. The summed E-state index contributed by atoms with van der Waals surface area (Å²) in [4.78, 5) is 23.4. The van der Waals surface area contributed by atoms with Crippen LogP contribution in [0.5, 0.6) is 0 Å². The Morgan fingerprint density at radius 1 is 1.48 bits per heavy atom. The minimum absolute atomic E-state index is 0.0439. The molecule has 116 valence electrons. The van der Waals surface area contributed by atoms with Gasteiger partial charge in [0.2, 0.25) is 5.91 Å². The number of aryl methyl sites for hydroxylation is 1. The number of rotatable bonds is 5. The lowest BCUT2D eigenvalue weighted by Crippen LogP contribution is -2.35. The summed E-state index contributed by atoms with van der Waals surface area (Å²) >= 11 is 0. The van der Waals surface area contributed by atoms with Crippen LogP contribution >= 0.6 is 0 Å². The van der Waals surface area contributed by atoms with Gasteiger partial charge in [0.1, 0.15) is 23.2 Å². The van der Waals surface area contributed by atoms with E-state index < -0.39 is 12.1 Å². The lowest BCUT2D eigenvalue weighted by molar-refractivity contribution is -0.132. The highest BCUT2D eigenvalue weighted by atomic mass is 16.5. The Labute approximate surface area is 122 Å². The minimum atomic E-state index is -0.463. The second kappa shape index (κ2) is 6.73. The second-order valence-electron chi connectivity index (χ2n) is 4.95. The summed E-state index contributed by atoms with van der Waals surface area (Å²) in [6.45, 7) is 2.29. The predicted octanol–water partition coefficient (Wildman–Crippen LogP) is 0.497. The zero-order chi connectivity index (χ0) is 15.4. The second-order valence-corrected chi connectivity index (χ2v) is 4.95. The van der Waals surface area contributed by atoms with Crippen molar-refractivity contribution in [3.05, 3.63) is 23.2 Å². The largest absolute Gasteiger partial charge is 0.465 e. The van der Waals surface area contributed by atoms with Crippen LogP contribution in [-0.4, -0.2) is 37.7 Å². The highest BCUT2D eigenvalue weighted by molar-refractivity contribution is 5.90. The third kappa shape index (κ3) is 3.62. The van der Waals surface area contributed by atoms with Crippen molar-refractivity contribution in [2.45, 2.75) is 38.5 Å². The number of ether oxygens (including phenoxy) is 2. The van der Waals surface area contributed by atoms with Crippen molar-refractivity contribution in [2.75, 3.05) is 13.7 Å². The molecule has 1 aliphatic rings. The first-order valence-electron chi connectivity index (χ1n) is 6.86. The topological polar surface area (TPSA) is 104 Å². The number of methoxy groups -OCH3 is 1. The Morgan fingerprint density at radius 2 is 2.24 bits per heavy atom. The highest BCUT2D eigenvalue weighted by Gasteiger charge is 2.29. The summed E-state index contributed by atoms with van der Waals surface area (Å²) in [7, 11) is 1.31. The molecule has 7 heteroatoms. The molecule has 2 atom stereocenters. The van der Waals surface area contributed by atoms with Gasteiger partial charge in [-0.2, -0.15) is 0 Å². The molecule has 2 heterocycles. The fraction of sp³-hybridized carbons (Fsp3) is 0.571. The maximum Gasteiger partial charge on any atom is 0.341 e. The Morgan fingerprint density at radius 3 is 2.86 bits per heavy atom. The van der Waals surface area contributed by atoms with Gasteiger partial charge >= 0.3 is 5.97 Å². The number of furan rings is 1. The van der Waals surface area contributed by atoms with E-state index in [-0.39, 0.29) is 18.6 Å². The molecular formula is C14H20N2O5. The van der Waals surface area contributed by atoms with Gasteiger partial charge in [-0.1, -0.05) is 0 Å². The third-order valence-electron chi connectivity index (χ3n) is 3.47. The van der Waals surface area contributed by atoms with E-state index in [0.717, 1.165) is 6.42 Å². The summed E-state index contributed by atoms with van der Waals surface area (Å²) in [5, 5.41) is 2.73. The van der Waals surface area contributed by atoms with E-state index in [2.05, 4.69) is 10.1 Å². The molecule has 0 aliphatic carbocycles. The van der Waals surface area contributed by atoms with Gasteiger partial charge in [-0.3, -0.25) is 4.79 Å². The average Bonchev–Trinajstić information content (AvgIpc) is 3.10. The van der Waals surface area contributed by atoms with Gasteiger partial charge in [0, 0.05) is 6.54 Å². The molecule has 1 aromatic heterocycles. The molecule has 1 amide bonds. The highest BCUT2D eigenvalue weighted by Crippen LogP contribution is 2.19. The predicted molar refractivity (Wildman–Crippen MR) is 73.6 cm³/mol. The molecule has 0 saturated carbocycles. The molecule has 21 heavy (non-hydrogen) atoms. The van der Waals surface area contributed by atoms with Crippen LogP contribution in [-0.2, 0) is 20.8 Å². The maximum atomic E-state index is 12.0. The molecule has 1 aromatic rings. The van der Waals surface area contributed by atoms with Crippen molar-refractivity contribution in [3.63, 3.8) is 0 Å². The summed E-state index contributed by atoms with van der Waals surface area (Å²) < 4.78 is 15.6. The van der Waals surface area contributed by atoms with Crippen molar-refractivity contribution < 1.29 is 23.5 Å². The van der Waals surface area contributed by atoms with Gasteiger partial charge in [-0.25, -0.2) is 4.79 Å². The number of carbonyl (C=O) groups excluding carboxylic acids is 2. The lowest BCUT2D eigenvalue weighted by Gasteiger charge is -2.11. The maximum absolute atomic E-state index is 12.0. The molecular weight excluding hydrogens is 276 g/mol. The van der Waals surface area contributed by atoms with Gasteiger partial charge < -0.3 is 24.9 Å². The van der Waals surface area contributed by atoms with Crippen LogP contribution in [0.25, 0.3) is 0 Å². The molecule has 3 N–H and O–H groups in total. The number of carbonyl (C=O) groups is 2. The van der Waals surface area contributed by atoms with Crippen LogP contribution in [0.4, 0.5) is 0 Å². The Kier molecular flexibility index (Phi) is 4.98. The van der Waals surface area contributed by atoms with Crippen LogP contribution in [0.1, 0.15) is 34.7 Å². The quantitative estimate of drug-likeness (QED) is 0.767. The minimum Gasteiger partial charge on any atom is -0.465 e. The van der Waals surface area contributed by atoms with E-state index in [1.165, 1.54) is 7.11 Å². The number of esters is 1. The van der Waals surface area contributed by atoms with E-state index in [9.17, 15) is 9.59 Å². The van der Waals surface area contributed by atoms with Crippen molar-refractivity contribution in [2.24, 2.45) is 5.73 Å². The third-order valence-corrected chi connectivity index (χ3v) is 3.47. The standard InChI is InChI=1S/C14H20N2O5/c1-8-11(14(18)19-2)5-10(20-8)7-16-13(17)12-4-3-9(6-15)21-12/h5,9,12H,3-4,6-7,15H2,1-2H3,(H,16,17)/t9-,12+/m1/s1. The zero-order valence-electron chi connectivity index (χ0n) is 12.2. The van der Waals surface area contributed by atoms with E-state index in [1.807, 2.05) is 0 Å². The van der Waals surface area contributed by atoms with Gasteiger partial charge in [-0.05, 0) is 25.8 Å². The van der Waals surface area contributed by atoms with Crippen LogP contribution in [0, 0.1) is 6.92 Å². The average molecular weight is 296 g/mol. The Bertz CT molecular complexity index is 525. The van der Waals surface area contributed by atoms with Gasteiger partial charge in [0.05, 0.1) is 19.8 Å². The van der Waals surface area contributed by atoms with Crippen molar-refractivity contribution in [1.82, 2.24) is 5.32 Å². The number of hydrogen-bond donors (Lipinski definition) is 2. The molecule has 0 spiro atoms. The summed E-state index contributed by atoms with van der Waals surface area (Å²) in [5.41, 5.74) is 5.87. The first kappa shape index (κ1) is 15.5. The fourth-order valence-corrected chi connectivity index (χ4v) is 2.30. The SMILES string of the molecule is COC(=O)c1cc(CNC(=O)[C@@H]2CC[C@H](CN)O2)oc1C. The number of nitrogens with two attached hydrogens (primary N) is 1. The van der Waals surface area contributed by atoms with E-state index in [0.29, 0.717) is 30.0 Å². The molecule has 1 aliphatic heterocycles. The molecule has 0 unspecified atom stereocenters. The molecule has 0 bridgehead atoms. The van der Waals surface area contributed by atoms with Crippen LogP contribution in [0.15, 0.2) is 10.5 Å². The molecule has 7 nitrogen and oxygen atoms in total. The normalized spacial score (nSPS) is 21.3. The summed E-state index contributed by atoms with van der Waals surface area (Å²) in [6, 6.07) is 1.57. The van der Waals surface area contributed by atoms with Crippen molar-refractivity contribution >= 4 is 11.9 Å². The number of amides is 1. The van der Waals surface area contributed by atoms with Crippen LogP contribution in [0.3, 0.4) is 0 Å². The van der Waals surface area contributed by atoms with E-state index in [4.69, 9.17) is 14.9 Å². The van der Waals surface area contributed by atoms with Gasteiger partial charge in [0.15, 0.2) is 0 Å². The molecule has 1 fully saturated rings. The smallest absolute Gasteiger partial charge is 0.341 e. The van der Waals surface area contributed by atoms with Gasteiger partial charge in [0.25, 0.3) is 0 Å². The monoisotopic (exact) mass is 296 g/mol. The molecule has 1 saturated heterocycles. The fourth-order valence-electron chi connectivity index (χ4n) is 2.30. The van der Waals surface area contributed by atoms with E-state index >= 15 is 0 Å². The Balaban J connectivity index is 1.88. The molecule has 0 aromatic carbocycles.